The van der Waals surface area contributed by atoms with Crippen LogP contribution in [-0.2, 0) is 10.3 Å². The molecule has 0 bridgehead atoms. The van der Waals surface area contributed by atoms with Crippen LogP contribution in [0.1, 0.15) is 24.5 Å². The molecule has 1 aromatic carbocycles. The highest BCUT2D eigenvalue weighted by molar-refractivity contribution is 5.73. The zero-order valence-electron chi connectivity index (χ0n) is 11.2. The van der Waals surface area contributed by atoms with Gasteiger partial charge >= 0.3 is 6.18 Å². The van der Waals surface area contributed by atoms with Crippen LogP contribution in [0.25, 0.3) is 0 Å². The standard InChI is InChI=1S/C13H16F3N3O/c1-7-3-4-8(17)5-9(7)12(2)6-10(13(14,15)16)20-11(18)19-12/h3-5,10H,6,17H2,1-2H3,(H2,18,19). The molecule has 2 atom stereocenters. The molecule has 2 unspecified atom stereocenters. The molecule has 110 valence electrons. The smallest absolute Gasteiger partial charge is 0.425 e. The summed E-state index contributed by atoms with van der Waals surface area (Å²) in [6.45, 7) is 3.40. The average Bonchev–Trinajstić information content (AvgIpc) is 2.30. The van der Waals surface area contributed by atoms with Crippen LogP contribution in [0, 0.1) is 6.92 Å². The van der Waals surface area contributed by atoms with Gasteiger partial charge in [-0.25, -0.2) is 4.99 Å². The van der Waals surface area contributed by atoms with Gasteiger partial charge in [0.25, 0.3) is 6.02 Å². The van der Waals surface area contributed by atoms with Crippen LogP contribution in [0.4, 0.5) is 18.9 Å². The lowest BCUT2D eigenvalue weighted by atomic mass is 9.83. The van der Waals surface area contributed by atoms with Crippen LogP contribution in [0.5, 0.6) is 0 Å². The highest BCUT2D eigenvalue weighted by Crippen LogP contribution is 2.41. The van der Waals surface area contributed by atoms with E-state index in [2.05, 4.69) is 9.73 Å². The molecule has 0 aromatic heterocycles. The van der Waals surface area contributed by atoms with Gasteiger partial charge in [-0.3, -0.25) is 0 Å². The molecule has 0 saturated carbocycles. The minimum absolute atomic E-state index is 0.332. The van der Waals surface area contributed by atoms with Crippen molar-refractivity contribution in [2.75, 3.05) is 5.73 Å². The summed E-state index contributed by atoms with van der Waals surface area (Å²) in [7, 11) is 0. The summed E-state index contributed by atoms with van der Waals surface area (Å²) in [4.78, 5) is 4.07. The Kier molecular flexibility index (Phi) is 3.31. The molecular weight excluding hydrogens is 271 g/mol. The molecular formula is C13H16F3N3O. The van der Waals surface area contributed by atoms with E-state index in [1.165, 1.54) is 0 Å². The maximum atomic E-state index is 12.9. The van der Waals surface area contributed by atoms with Crippen LogP contribution >= 0.6 is 0 Å². The Morgan fingerprint density at radius 3 is 2.60 bits per heavy atom. The highest BCUT2D eigenvalue weighted by Gasteiger charge is 2.49. The first-order valence-electron chi connectivity index (χ1n) is 6.07. The second kappa shape index (κ2) is 4.57. The number of nitrogen functional groups attached to an aromatic ring is 1. The number of ether oxygens (including phenoxy) is 1. The molecule has 1 aromatic rings. The molecule has 1 aliphatic rings. The molecule has 0 fully saturated rings. The van der Waals surface area contributed by atoms with E-state index in [0.717, 1.165) is 5.56 Å². The van der Waals surface area contributed by atoms with Gasteiger partial charge in [-0.2, -0.15) is 13.2 Å². The number of aliphatic imine (C=N–C) groups is 1. The second-order valence-corrected chi connectivity index (χ2v) is 5.15. The summed E-state index contributed by atoms with van der Waals surface area (Å²) in [6, 6.07) is 4.61. The fraction of sp³-hybridized carbons (Fsp3) is 0.462. The van der Waals surface area contributed by atoms with E-state index < -0.39 is 23.8 Å². The lowest BCUT2D eigenvalue weighted by Gasteiger charge is -2.36. The van der Waals surface area contributed by atoms with E-state index in [1.54, 1.807) is 32.0 Å². The molecule has 2 rings (SSSR count). The van der Waals surface area contributed by atoms with E-state index in [9.17, 15) is 13.2 Å². The molecule has 1 aliphatic heterocycles. The monoisotopic (exact) mass is 287 g/mol. The topological polar surface area (TPSA) is 73.6 Å². The third-order valence-corrected chi connectivity index (χ3v) is 3.41. The number of alkyl halides is 3. The average molecular weight is 287 g/mol. The zero-order chi connectivity index (χ0) is 15.1. The Balaban J connectivity index is 2.48. The zero-order valence-corrected chi connectivity index (χ0v) is 11.2. The summed E-state index contributed by atoms with van der Waals surface area (Å²) in [5.41, 5.74) is 11.9. The van der Waals surface area contributed by atoms with Crippen molar-refractivity contribution in [3.63, 3.8) is 0 Å². The number of benzene rings is 1. The van der Waals surface area contributed by atoms with Gasteiger partial charge in [0.2, 0.25) is 0 Å². The summed E-state index contributed by atoms with van der Waals surface area (Å²) in [5, 5.41) is 0. The van der Waals surface area contributed by atoms with E-state index in [1.807, 2.05) is 0 Å². The maximum absolute atomic E-state index is 12.9. The van der Waals surface area contributed by atoms with Crippen molar-refractivity contribution < 1.29 is 17.9 Å². The van der Waals surface area contributed by atoms with Crippen molar-refractivity contribution in [1.29, 1.82) is 0 Å². The van der Waals surface area contributed by atoms with E-state index >= 15 is 0 Å². The minimum Gasteiger partial charge on any atom is -0.452 e. The van der Waals surface area contributed by atoms with Crippen molar-refractivity contribution in [1.82, 2.24) is 0 Å². The number of halogens is 3. The Bertz CT molecular complexity index is 556. The van der Waals surface area contributed by atoms with Crippen LogP contribution < -0.4 is 11.5 Å². The van der Waals surface area contributed by atoms with Crippen LogP contribution in [0.3, 0.4) is 0 Å². The summed E-state index contributed by atoms with van der Waals surface area (Å²) >= 11 is 0. The first kappa shape index (κ1) is 14.5. The Morgan fingerprint density at radius 2 is 2.00 bits per heavy atom. The first-order valence-corrected chi connectivity index (χ1v) is 6.07. The lowest BCUT2D eigenvalue weighted by molar-refractivity contribution is -0.208. The van der Waals surface area contributed by atoms with E-state index in [4.69, 9.17) is 11.5 Å². The first-order chi connectivity index (χ1) is 9.12. The fourth-order valence-corrected chi connectivity index (χ4v) is 2.44. The van der Waals surface area contributed by atoms with E-state index in [-0.39, 0.29) is 6.42 Å². The van der Waals surface area contributed by atoms with Gasteiger partial charge < -0.3 is 16.2 Å². The Morgan fingerprint density at radius 1 is 1.35 bits per heavy atom. The summed E-state index contributed by atoms with van der Waals surface area (Å²) < 4.78 is 43.3. The fourth-order valence-electron chi connectivity index (χ4n) is 2.44. The minimum atomic E-state index is -4.49. The molecule has 7 heteroatoms. The van der Waals surface area contributed by atoms with Crippen LogP contribution in [0.2, 0.25) is 0 Å². The molecule has 4 N–H and O–H groups in total. The second-order valence-electron chi connectivity index (χ2n) is 5.15. The number of hydrogen-bond donors (Lipinski definition) is 2. The third-order valence-electron chi connectivity index (χ3n) is 3.41. The number of aryl methyl sites for hydroxylation is 1. The molecule has 0 saturated heterocycles. The van der Waals surface area contributed by atoms with Gasteiger partial charge in [-0.1, -0.05) is 6.07 Å². The van der Waals surface area contributed by atoms with Crippen LogP contribution in [-0.4, -0.2) is 18.3 Å². The van der Waals surface area contributed by atoms with Gasteiger partial charge in [-0.05, 0) is 37.1 Å². The van der Waals surface area contributed by atoms with Crippen LogP contribution in [0.15, 0.2) is 23.2 Å². The Hall–Kier alpha value is -1.92. The van der Waals surface area contributed by atoms with Gasteiger partial charge in [0.05, 0.1) is 5.54 Å². The number of rotatable bonds is 1. The van der Waals surface area contributed by atoms with Crippen molar-refractivity contribution in [2.24, 2.45) is 10.7 Å². The van der Waals surface area contributed by atoms with Crippen molar-refractivity contribution in [2.45, 2.75) is 38.1 Å². The largest absolute Gasteiger partial charge is 0.452 e. The highest BCUT2D eigenvalue weighted by atomic mass is 19.4. The predicted octanol–water partition coefficient (Wildman–Crippen LogP) is 2.46. The summed E-state index contributed by atoms with van der Waals surface area (Å²) in [5.74, 6) is 0. The van der Waals surface area contributed by atoms with Gasteiger partial charge in [0.15, 0.2) is 6.10 Å². The molecule has 0 amide bonds. The lowest BCUT2D eigenvalue weighted by Crippen LogP contribution is -2.46. The van der Waals surface area contributed by atoms with Gasteiger partial charge in [0.1, 0.15) is 0 Å². The Labute approximate surface area is 114 Å². The quantitative estimate of drug-likeness (QED) is 0.779. The maximum Gasteiger partial charge on any atom is 0.425 e. The van der Waals surface area contributed by atoms with E-state index in [0.29, 0.717) is 11.3 Å². The number of nitrogens with two attached hydrogens (primary N) is 2. The number of nitrogens with zero attached hydrogens (tertiary/aromatic N) is 1. The molecule has 4 nitrogen and oxygen atoms in total. The number of amidine groups is 1. The van der Waals surface area contributed by atoms with Gasteiger partial charge in [0, 0.05) is 12.1 Å². The number of hydrogen-bond acceptors (Lipinski definition) is 4. The van der Waals surface area contributed by atoms with Crippen molar-refractivity contribution in [3.8, 4) is 0 Å². The normalized spacial score (nSPS) is 26.9. The predicted molar refractivity (Wildman–Crippen MR) is 70.1 cm³/mol. The SMILES string of the molecule is Cc1ccc(N)cc1C1(C)CC(C(F)(F)F)OC(N)=N1. The molecule has 0 aliphatic carbocycles. The molecule has 20 heavy (non-hydrogen) atoms. The molecule has 0 radical (unpaired) electrons. The van der Waals surface area contributed by atoms with Crippen molar-refractivity contribution in [3.05, 3.63) is 29.3 Å². The third kappa shape index (κ3) is 2.66. The van der Waals surface area contributed by atoms with Gasteiger partial charge in [-0.15, -0.1) is 0 Å². The number of anilines is 1. The summed E-state index contributed by atoms with van der Waals surface area (Å²) in [6.07, 6.45) is -6.79. The van der Waals surface area contributed by atoms with Crippen molar-refractivity contribution >= 4 is 11.7 Å². The molecule has 1 heterocycles. The molecule has 0 spiro atoms.